The molecule has 2 atom stereocenters. The summed E-state index contributed by atoms with van der Waals surface area (Å²) in [6.07, 6.45) is 1.23. The lowest BCUT2D eigenvalue weighted by Gasteiger charge is -2.32. The molecule has 0 aliphatic carbocycles. The zero-order valence-electron chi connectivity index (χ0n) is 25.6. The number of hydrogen-bond donors (Lipinski definition) is 4. The number of hydrogen-bond acceptors (Lipinski definition) is 8. The zero-order valence-corrected chi connectivity index (χ0v) is 25.6. The maximum atomic E-state index is 14.0. The number of aryl methyl sites for hydroxylation is 2. The Balaban J connectivity index is 1.95. The molecule has 0 saturated carbocycles. The molecule has 11 nitrogen and oxygen atoms in total. The SMILES string of the molecule is C=N/C(=C\NC(C)N(Cc1ccc(OC)c(OC)c1)C(=O)[C@@H](N)Cc1c(C)cc(C(N)=O)cc1C)c1cccc(C(=O)O)c1. The third-order valence-electron chi connectivity index (χ3n) is 7.31. The molecule has 0 aliphatic heterocycles. The van der Waals surface area contributed by atoms with Crippen molar-refractivity contribution in [3.05, 3.63) is 99.7 Å². The number of carbonyl (C=O) groups is 3. The van der Waals surface area contributed by atoms with Crippen LogP contribution in [0.4, 0.5) is 0 Å². The topological polar surface area (TPSA) is 170 Å². The molecular weight excluding hydrogens is 562 g/mol. The van der Waals surface area contributed by atoms with Gasteiger partial charge < -0.3 is 36.3 Å². The van der Waals surface area contributed by atoms with Crippen LogP contribution in [-0.4, -0.2) is 60.9 Å². The lowest BCUT2D eigenvalue weighted by Crippen LogP contribution is -2.52. The van der Waals surface area contributed by atoms with Gasteiger partial charge in [0, 0.05) is 23.9 Å². The summed E-state index contributed by atoms with van der Waals surface area (Å²) in [4.78, 5) is 42.8. The first-order chi connectivity index (χ1) is 20.9. The third kappa shape index (κ3) is 8.01. The van der Waals surface area contributed by atoms with Crippen LogP contribution in [0.15, 0.2) is 65.8 Å². The Morgan fingerprint density at radius 3 is 2.20 bits per heavy atom. The molecular formula is C33H39N5O6. The van der Waals surface area contributed by atoms with E-state index in [1.807, 2.05) is 19.9 Å². The van der Waals surface area contributed by atoms with Crippen LogP contribution in [0.2, 0.25) is 0 Å². The molecule has 232 valence electrons. The molecule has 2 amide bonds. The number of primary amides is 1. The molecule has 0 fully saturated rings. The van der Waals surface area contributed by atoms with Gasteiger partial charge in [-0.15, -0.1) is 0 Å². The number of ether oxygens (including phenoxy) is 2. The fraction of sp³-hybridized carbons (Fsp3) is 0.273. The van der Waals surface area contributed by atoms with Crippen LogP contribution in [0.5, 0.6) is 11.5 Å². The highest BCUT2D eigenvalue weighted by Crippen LogP contribution is 2.28. The molecule has 3 rings (SSSR count). The standard InChI is InChI=1S/C33H39N5O6/c1-19-12-25(31(35)39)13-20(2)26(19)16-27(34)32(40)38(18-22-10-11-29(43-5)30(14-22)44-6)21(3)37-17-28(36-4)23-8-7-9-24(15-23)33(41)42/h7-15,17,21,27,37H,4,16,18,34H2,1-3,5-6H3,(H2,35,39)(H,41,42)/b28-17-/t21?,27-/m0/s1. The van der Waals surface area contributed by atoms with Gasteiger partial charge in [-0.1, -0.05) is 18.2 Å². The number of methoxy groups -OCH3 is 2. The van der Waals surface area contributed by atoms with Crippen molar-refractivity contribution in [3.8, 4) is 11.5 Å². The van der Waals surface area contributed by atoms with Gasteiger partial charge in [0.15, 0.2) is 11.5 Å². The van der Waals surface area contributed by atoms with E-state index >= 15 is 0 Å². The van der Waals surface area contributed by atoms with Crippen LogP contribution < -0.4 is 26.3 Å². The summed E-state index contributed by atoms with van der Waals surface area (Å²) < 4.78 is 10.8. The number of amides is 2. The van der Waals surface area contributed by atoms with E-state index in [1.54, 1.807) is 61.5 Å². The van der Waals surface area contributed by atoms with E-state index < -0.39 is 24.1 Å². The molecule has 11 heteroatoms. The molecule has 0 radical (unpaired) electrons. The van der Waals surface area contributed by atoms with E-state index in [0.29, 0.717) is 28.3 Å². The second kappa shape index (κ2) is 14.8. The Bertz CT molecular complexity index is 1560. The van der Waals surface area contributed by atoms with Crippen molar-refractivity contribution in [1.29, 1.82) is 0 Å². The second-order valence-electron chi connectivity index (χ2n) is 10.3. The first kappa shape index (κ1) is 33.3. The van der Waals surface area contributed by atoms with Gasteiger partial charge in [0.1, 0.15) is 0 Å². The van der Waals surface area contributed by atoms with Crippen LogP contribution in [0.3, 0.4) is 0 Å². The van der Waals surface area contributed by atoms with Gasteiger partial charge in [-0.25, -0.2) is 4.79 Å². The minimum Gasteiger partial charge on any atom is -0.493 e. The van der Waals surface area contributed by atoms with E-state index in [0.717, 1.165) is 22.3 Å². The number of carboxylic acids is 1. The number of carbonyl (C=O) groups excluding carboxylic acids is 2. The highest BCUT2D eigenvalue weighted by molar-refractivity contribution is 5.93. The highest BCUT2D eigenvalue weighted by atomic mass is 16.5. The van der Waals surface area contributed by atoms with Gasteiger partial charge in [0.05, 0.1) is 37.7 Å². The second-order valence-corrected chi connectivity index (χ2v) is 10.3. The summed E-state index contributed by atoms with van der Waals surface area (Å²) in [5.41, 5.74) is 16.7. The number of aromatic carboxylic acids is 1. The number of benzene rings is 3. The van der Waals surface area contributed by atoms with Crippen molar-refractivity contribution in [2.45, 2.75) is 45.9 Å². The van der Waals surface area contributed by atoms with Gasteiger partial charge in [-0.3, -0.25) is 14.6 Å². The maximum absolute atomic E-state index is 14.0. The monoisotopic (exact) mass is 601 g/mol. The summed E-state index contributed by atoms with van der Waals surface area (Å²) in [6, 6.07) is 14.2. The average molecular weight is 602 g/mol. The Labute approximate surface area is 257 Å². The fourth-order valence-corrected chi connectivity index (χ4v) is 4.88. The van der Waals surface area contributed by atoms with Crippen LogP contribution in [0.25, 0.3) is 5.70 Å². The number of rotatable bonds is 14. The molecule has 0 heterocycles. The van der Waals surface area contributed by atoms with Gasteiger partial charge in [0.2, 0.25) is 11.8 Å². The van der Waals surface area contributed by atoms with Gasteiger partial charge in [-0.2, -0.15) is 0 Å². The molecule has 1 unspecified atom stereocenters. The van der Waals surface area contributed by atoms with Crippen LogP contribution in [-0.2, 0) is 17.8 Å². The van der Waals surface area contributed by atoms with Gasteiger partial charge in [0.25, 0.3) is 0 Å². The lowest BCUT2D eigenvalue weighted by molar-refractivity contribution is -0.135. The molecule has 3 aromatic carbocycles. The molecule has 0 saturated heterocycles. The van der Waals surface area contributed by atoms with E-state index in [4.69, 9.17) is 20.9 Å². The molecule has 0 spiro atoms. The Hall–Kier alpha value is -5.16. The number of aliphatic imine (C=N–C) groups is 1. The zero-order chi connectivity index (χ0) is 32.6. The molecule has 6 N–H and O–H groups in total. The molecule has 44 heavy (non-hydrogen) atoms. The van der Waals surface area contributed by atoms with Gasteiger partial charge >= 0.3 is 5.97 Å². The number of nitrogens with zero attached hydrogens (tertiary/aromatic N) is 2. The van der Waals surface area contributed by atoms with Crippen molar-refractivity contribution in [2.24, 2.45) is 16.5 Å². The number of nitrogens with one attached hydrogen (secondary N) is 1. The largest absolute Gasteiger partial charge is 0.493 e. The van der Waals surface area contributed by atoms with E-state index in [1.165, 1.54) is 19.2 Å². The fourth-order valence-electron chi connectivity index (χ4n) is 4.88. The average Bonchev–Trinajstić information content (AvgIpc) is 3.01. The quantitative estimate of drug-likeness (QED) is 0.160. The Kier molecular flexibility index (Phi) is 11.2. The van der Waals surface area contributed by atoms with Crippen LogP contribution in [0, 0.1) is 13.8 Å². The lowest BCUT2D eigenvalue weighted by atomic mass is 9.93. The van der Waals surface area contributed by atoms with Crippen molar-refractivity contribution >= 4 is 30.2 Å². The summed E-state index contributed by atoms with van der Waals surface area (Å²) in [5.74, 6) is -0.853. The maximum Gasteiger partial charge on any atom is 0.335 e. The number of carboxylic acid groups (broad SMARTS) is 1. The van der Waals surface area contributed by atoms with Crippen LogP contribution in [0.1, 0.15) is 55.5 Å². The van der Waals surface area contributed by atoms with Crippen molar-refractivity contribution < 1.29 is 29.0 Å². The van der Waals surface area contributed by atoms with Crippen molar-refractivity contribution in [3.63, 3.8) is 0 Å². The molecule has 0 bridgehead atoms. The predicted molar refractivity (Wildman–Crippen MR) is 170 cm³/mol. The Morgan fingerprint density at radius 1 is 1.00 bits per heavy atom. The molecule has 0 aromatic heterocycles. The smallest absolute Gasteiger partial charge is 0.335 e. The van der Waals surface area contributed by atoms with E-state index in [-0.39, 0.29) is 24.4 Å². The molecule has 3 aromatic rings. The third-order valence-corrected chi connectivity index (χ3v) is 7.31. The summed E-state index contributed by atoms with van der Waals surface area (Å²) in [7, 11) is 3.08. The first-order valence-electron chi connectivity index (χ1n) is 13.8. The molecule has 0 aliphatic rings. The first-order valence-corrected chi connectivity index (χ1v) is 13.8. The van der Waals surface area contributed by atoms with E-state index in [2.05, 4.69) is 17.0 Å². The number of nitrogens with two attached hydrogens (primary N) is 2. The van der Waals surface area contributed by atoms with Gasteiger partial charge in [-0.05, 0) is 92.6 Å². The summed E-state index contributed by atoms with van der Waals surface area (Å²) in [5, 5.41) is 12.6. The predicted octanol–water partition coefficient (Wildman–Crippen LogP) is 3.65. The normalized spacial score (nSPS) is 12.5. The van der Waals surface area contributed by atoms with Crippen molar-refractivity contribution in [1.82, 2.24) is 10.2 Å². The highest BCUT2D eigenvalue weighted by Gasteiger charge is 2.27. The summed E-state index contributed by atoms with van der Waals surface area (Å²) >= 11 is 0. The van der Waals surface area contributed by atoms with Crippen molar-refractivity contribution in [2.75, 3.05) is 14.2 Å². The Morgan fingerprint density at radius 2 is 1.64 bits per heavy atom. The minimum absolute atomic E-state index is 0.107. The minimum atomic E-state index is -1.06. The summed E-state index contributed by atoms with van der Waals surface area (Å²) in [6.45, 7) is 9.31. The van der Waals surface area contributed by atoms with Crippen LogP contribution >= 0.6 is 0 Å². The van der Waals surface area contributed by atoms with E-state index in [9.17, 15) is 19.5 Å².